The summed E-state index contributed by atoms with van der Waals surface area (Å²) in [6, 6.07) is 3.72. The molecule has 1 aromatic heterocycles. The van der Waals surface area contributed by atoms with E-state index in [1.807, 2.05) is 32.9 Å². The molecule has 0 fully saturated rings. The SMILES string of the molecule is COc1cc2sc(C(=O)NCCC(=O)OC(C)(C)C)c(I)c2cc1OC. The van der Waals surface area contributed by atoms with E-state index < -0.39 is 5.60 Å². The second-order valence-electron chi connectivity index (χ2n) is 6.54. The number of carbonyl (C=O) groups excluding carboxylic acids is 2. The quantitative estimate of drug-likeness (QED) is 0.489. The lowest BCUT2D eigenvalue weighted by atomic mass is 10.2. The average Bonchev–Trinajstić information content (AvgIpc) is 2.88. The lowest BCUT2D eigenvalue weighted by Crippen LogP contribution is -2.29. The summed E-state index contributed by atoms with van der Waals surface area (Å²) in [5.74, 6) is 0.692. The zero-order valence-electron chi connectivity index (χ0n) is 15.4. The zero-order chi connectivity index (χ0) is 19.5. The summed E-state index contributed by atoms with van der Waals surface area (Å²) < 4.78 is 17.6. The molecular weight excluding hydrogens is 469 g/mol. The second-order valence-corrected chi connectivity index (χ2v) is 8.67. The number of rotatable bonds is 6. The van der Waals surface area contributed by atoms with E-state index in [1.54, 1.807) is 14.2 Å². The third-order valence-electron chi connectivity index (χ3n) is 3.37. The molecule has 0 bridgehead atoms. The van der Waals surface area contributed by atoms with Gasteiger partial charge in [0.2, 0.25) is 0 Å². The zero-order valence-corrected chi connectivity index (χ0v) is 18.4. The van der Waals surface area contributed by atoms with E-state index >= 15 is 0 Å². The van der Waals surface area contributed by atoms with Gasteiger partial charge in [0.25, 0.3) is 5.91 Å². The highest BCUT2D eigenvalue weighted by Gasteiger charge is 2.20. The summed E-state index contributed by atoms with van der Waals surface area (Å²) >= 11 is 3.53. The molecule has 0 unspecified atom stereocenters. The van der Waals surface area contributed by atoms with Crippen LogP contribution in [0, 0.1) is 3.57 Å². The summed E-state index contributed by atoms with van der Waals surface area (Å²) in [5, 5.41) is 3.71. The van der Waals surface area contributed by atoms with Gasteiger partial charge in [-0.3, -0.25) is 9.59 Å². The number of fused-ring (bicyclic) bond motifs is 1. The van der Waals surface area contributed by atoms with Crippen molar-refractivity contribution < 1.29 is 23.8 Å². The van der Waals surface area contributed by atoms with Crippen LogP contribution in [0.4, 0.5) is 0 Å². The third-order valence-corrected chi connectivity index (χ3v) is 6.01. The number of nitrogens with one attached hydrogen (secondary N) is 1. The molecule has 1 heterocycles. The molecule has 2 aromatic rings. The number of amides is 1. The molecule has 0 aliphatic heterocycles. The van der Waals surface area contributed by atoms with Crippen molar-refractivity contribution in [1.82, 2.24) is 5.32 Å². The molecule has 26 heavy (non-hydrogen) atoms. The van der Waals surface area contributed by atoms with Crippen LogP contribution < -0.4 is 14.8 Å². The molecule has 2 rings (SSSR count). The first-order chi connectivity index (χ1) is 12.2. The summed E-state index contributed by atoms with van der Waals surface area (Å²) in [5.41, 5.74) is -0.528. The van der Waals surface area contributed by atoms with Crippen molar-refractivity contribution in [2.75, 3.05) is 20.8 Å². The van der Waals surface area contributed by atoms with E-state index in [4.69, 9.17) is 14.2 Å². The number of hydrogen-bond acceptors (Lipinski definition) is 6. The first-order valence-corrected chi connectivity index (χ1v) is 9.90. The maximum absolute atomic E-state index is 12.5. The molecule has 0 aliphatic rings. The van der Waals surface area contributed by atoms with Crippen molar-refractivity contribution in [2.24, 2.45) is 0 Å². The molecule has 6 nitrogen and oxygen atoms in total. The van der Waals surface area contributed by atoms with Gasteiger partial charge in [-0.2, -0.15) is 0 Å². The van der Waals surface area contributed by atoms with Gasteiger partial charge in [-0.25, -0.2) is 0 Å². The van der Waals surface area contributed by atoms with Gasteiger partial charge in [0.1, 0.15) is 10.5 Å². The molecule has 8 heteroatoms. The molecule has 1 amide bonds. The van der Waals surface area contributed by atoms with Gasteiger partial charge in [0.15, 0.2) is 11.5 Å². The van der Waals surface area contributed by atoms with Crippen LogP contribution >= 0.6 is 33.9 Å². The number of esters is 1. The van der Waals surface area contributed by atoms with Crippen molar-refractivity contribution in [3.63, 3.8) is 0 Å². The highest BCUT2D eigenvalue weighted by atomic mass is 127. The number of halogens is 1. The third kappa shape index (κ3) is 5.00. The fraction of sp³-hybridized carbons (Fsp3) is 0.444. The standard InChI is InChI=1S/C18H22INO5S/c1-18(2,3)25-14(21)6-7-20-17(22)16-15(19)10-8-11(23-4)12(24-5)9-13(10)26-16/h8-9H,6-7H2,1-5H3,(H,20,22). The lowest BCUT2D eigenvalue weighted by Gasteiger charge is -2.19. The first kappa shape index (κ1) is 20.8. The van der Waals surface area contributed by atoms with Crippen LogP contribution in [0.5, 0.6) is 11.5 Å². The van der Waals surface area contributed by atoms with Crippen LogP contribution in [0.1, 0.15) is 36.9 Å². The van der Waals surface area contributed by atoms with Gasteiger partial charge in [-0.05, 0) is 49.4 Å². The normalized spacial score (nSPS) is 11.3. The molecule has 0 spiro atoms. The Kier molecular flexibility index (Phi) is 6.73. The Labute approximate surface area is 170 Å². The fourth-order valence-electron chi connectivity index (χ4n) is 2.29. The van der Waals surface area contributed by atoms with E-state index in [-0.39, 0.29) is 24.8 Å². The van der Waals surface area contributed by atoms with E-state index in [2.05, 4.69) is 27.9 Å². The number of thiophene rings is 1. The Hall–Kier alpha value is -1.55. The number of hydrogen-bond donors (Lipinski definition) is 1. The van der Waals surface area contributed by atoms with Gasteiger partial charge >= 0.3 is 5.97 Å². The number of carbonyl (C=O) groups is 2. The van der Waals surface area contributed by atoms with Crippen molar-refractivity contribution in [3.8, 4) is 11.5 Å². The highest BCUT2D eigenvalue weighted by Crippen LogP contribution is 2.39. The second kappa shape index (κ2) is 8.43. The van der Waals surface area contributed by atoms with Crippen molar-refractivity contribution in [3.05, 3.63) is 20.6 Å². The van der Waals surface area contributed by atoms with Crippen LogP contribution in [-0.2, 0) is 9.53 Å². The van der Waals surface area contributed by atoms with E-state index in [1.165, 1.54) is 11.3 Å². The van der Waals surface area contributed by atoms with Crippen LogP contribution in [0.25, 0.3) is 10.1 Å². The van der Waals surface area contributed by atoms with Gasteiger partial charge in [0, 0.05) is 26.3 Å². The van der Waals surface area contributed by atoms with E-state index in [9.17, 15) is 9.59 Å². The van der Waals surface area contributed by atoms with Gasteiger partial charge in [-0.15, -0.1) is 11.3 Å². The number of benzene rings is 1. The predicted molar refractivity (Wildman–Crippen MR) is 110 cm³/mol. The Balaban J connectivity index is 2.10. The smallest absolute Gasteiger partial charge is 0.308 e. The predicted octanol–water partition coefficient (Wildman–Crippen LogP) is 3.98. The van der Waals surface area contributed by atoms with Gasteiger partial charge in [0.05, 0.1) is 20.6 Å². The Morgan fingerprint density at radius 1 is 1.15 bits per heavy atom. The average molecular weight is 491 g/mol. The topological polar surface area (TPSA) is 73.9 Å². The Bertz CT molecular complexity index is 825. The van der Waals surface area contributed by atoms with Crippen molar-refractivity contribution in [1.29, 1.82) is 0 Å². The van der Waals surface area contributed by atoms with Crippen LogP contribution in [0.15, 0.2) is 12.1 Å². The van der Waals surface area contributed by atoms with Crippen molar-refractivity contribution in [2.45, 2.75) is 32.8 Å². The van der Waals surface area contributed by atoms with Gasteiger partial charge < -0.3 is 19.5 Å². The maximum atomic E-state index is 12.5. The molecule has 1 N–H and O–H groups in total. The summed E-state index contributed by atoms with van der Waals surface area (Å²) in [6.45, 7) is 5.66. The lowest BCUT2D eigenvalue weighted by molar-refractivity contribution is -0.154. The monoisotopic (exact) mass is 491 g/mol. The summed E-state index contributed by atoms with van der Waals surface area (Å²) in [4.78, 5) is 24.8. The first-order valence-electron chi connectivity index (χ1n) is 8.00. The Morgan fingerprint density at radius 2 is 1.77 bits per heavy atom. The summed E-state index contributed by atoms with van der Waals surface area (Å²) in [6.07, 6.45) is 0.131. The Morgan fingerprint density at radius 3 is 2.35 bits per heavy atom. The molecule has 0 radical (unpaired) electrons. The fourth-order valence-corrected chi connectivity index (χ4v) is 4.52. The number of methoxy groups -OCH3 is 2. The largest absolute Gasteiger partial charge is 0.493 e. The number of ether oxygens (including phenoxy) is 3. The summed E-state index contributed by atoms with van der Waals surface area (Å²) in [7, 11) is 3.15. The van der Waals surface area contributed by atoms with Crippen LogP contribution in [0.2, 0.25) is 0 Å². The van der Waals surface area contributed by atoms with E-state index in [0.717, 1.165) is 13.7 Å². The van der Waals surface area contributed by atoms with Gasteiger partial charge in [-0.1, -0.05) is 0 Å². The molecule has 0 aliphatic carbocycles. The molecule has 0 atom stereocenters. The maximum Gasteiger partial charge on any atom is 0.308 e. The minimum absolute atomic E-state index is 0.131. The minimum atomic E-state index is -0.528. The van der Waals surface area contributed by atoms with Crippen molar-refractivity contribution >= 4 is 55.9 Å². The molecule has 1 aromatic carbocycles. The molecule has 0 saturated carbocycles. The minimum Gasteiger partial charge on any atom is -0.493 e. The molecule has 0 saturated heterocycles. The molecular formula is C18H22INO5S. The van der Waals surface area contributed by atoms with E-state index in [0.29, 0.717) is 16.4 Å². The molecule has 142 valence electrons. The van der Waals surface area contributed by atoms with Crippen LogP contribution in [-0.4, -0.2) is 38.2 Å². The highest BCUT2D eigenvalue weighted by molar-refractivity contribution is 14.1. The van der Waals surface area contributed by atoms with Crippen LogP contribution in [0.3, 0.4) is 0 Å².